The van der Waals surface area contributed by atoms with Crippen LogP contribution >= 0.6 is 0 Å². The van der Waals surface area contributed by atoms with E-state index in [1.165, 1.54) is 4.90 Å². The van der Waals surface area contributed by atoms with E-state index < -0.39 is 0 Å². The molecule has 1 atom stereocenters. The number of pyridine rings is 1. The molecule has 4 rings (SSSR count). The van der Waals surface area contributed by atoms with Crippen LogP contribution in [0.25, 0.3) is 5.57 Å². The Hall–Kier alpha value is -3.35. The second kappa shape index (κ2) is 8.79. The Kier molecular flexibility index (Phi) is 5.93. The molecule has 7 heteroatoms. The number of rotatable bonds is 6. The standard InChI is InChI=1S/C24H27N3O4/c1-16-7-6-12-26(14-16)22-21(17-9-10-19(30-2)20(13-17)31-3)23(28)27(24(22)29)15-18-8-4-5-11-25-18/h4-5,8-11,13,16H,6-7,12,14-15H2,1-3H3. The molecule has 0 bridgehead atoms. The third-order valence-corrected chi connectivity index (χ3v) is 5.84. The molecule has 2 aliphatic heterocycles. The zero-order valence-electron chi connectivity index (χ0n) is 18.1. The topological polar surface area (TPSA) is 72.0 Å². The smallest absolute Gasteiger partial charge is 0.278 e. The van der Waals surface area contributed by atoms with E-state index in [4.69, 9.17) is 9.47 Å². The molecule has 2 amide bonds. The molecule has 162 valence electrons. The molecule has 2 aromatic rings. The maximum absolute atomic E-state index is 13.5. The molecule has 1 fully saturated rings. The SMILES string of the molecule is COc1ccc(C2=C(N3CCCC(C)C3)C(=O)N(Cc3ccccn3)C2=O)cc1OC. The van der Waals surface area contributed by atoms with E-state index in [1.807, 2.05) is 18.2 Å². The third kappa shape index (κ3) is 4.00. The Morgan fingerprint density at radius 1 is 1.06 bits per heavy atom. The van der Waals surface area contributed by atoms with Crippen molar-refractivity contribution >= 4 is 17.4 Å². The van der Waals surface area contributed by atoms with Crippen LogP contribution in [0, 0.1) is 5.92 Å². The molecule has 2 aliphatic rings. The Morgan fingerprint density at radius 3 is 2.55 bits per heavy atom. The predicted octanol–water partition coefficient (Wildman–Crippen LogP) is 3.11. The number of ether oxygens (including phenoxy) is 2. The molecule has 0 spiro atoms. The van der Waals surface area contributed by atoms with Gasteiger partial charge in [0.05, 0.1) is 32.0 Å². The Morgan fingerprint density at radius 2 is 1.87 bits per heavy atom. The van der Waals surface area contributed by atoms with Crippen LogP contribution in [0.5, 0.6) is 11.5 Å². The van der Waals surface area contributed by atoms with Crippen LogP contribution in [-0.4, -0.2) is 53.9 Å². The number of benzene rings is 1. The molecule has 0 N–H and O–H groups in total. The molecule has 1 unspecified atom stereocenters. The van der Waals surface area contributed by atoms with Gasteiger partial charge in [0.2, 0.25) is 0 Å². The summed E-state index contributed by atoms with van der Waals surface area (Å²) in [6.07, 6.45) is 3.77. The summed E-state index contributed by atoms with van der Waals surface area (Å²) in [4.78, 5) is 34.7. The summed E-state index contributed by atoms with van der Waals surface area (Å²) in [6.45, 7) is 3.83. The monoisotopic (exact) mass is 421 g/mol. The van der Waals surface area contributed by atoms with Crippen LogP contribution in [0.15, 0.2) is 48.3 Å². The first-order valence-electron chi connectivity index (χ1n) is 10.5. The molecular weight excluding hydrogens is 394 g/mol. The first-order chi connectivity index (χ1) is 15.0. The molecule has 0 radical (unpaired) electrons. The van der Waals surface area contributed by atoms with Crippen LogP contribution in [0.4, 0.5) is 0 Å². The average molecular weight is 421 g/mol. The molecule has 0 saturated carbocycles. The number of carbonyl (C=O) groups is 2. The van der Waals surface area contributed by atoms with Gasteiger partial charge in [-0.05, 0) is 48.6 Å². The predicted molar refractivity (Wildman–Crippen MR) is 116 cm³/mol. The van der Waals surface area contributed by atoms with Crippen LogP contribution < -0.4 is 9.47 Å². The van der Waals surface area contributed by atoms with Crippen molar-refractivity contribution in [2.75, 3.05) is 27.3 Å². The van der Waals surface area contributed by atoms with Gasteiger partial charge in [-0.3, -0.25) is 19.5 Å². The summed E-state index contributed by atoms with van der Waals surface area (Å²) in [7, 11) is 3.12. The molecule has 1 saturated heterocycles. The lowest BCUT2D eigenvalue weighted by atomic mass is 9.97. The number of imide groups is 1. The zero-order valence-corrected chi connectivity index (χ0v) is 18.1. The molecule has 31 heavy (non-hydrogen) atoms. The van der Waals surface area contributed by atoms with E-state index in [0.717, 1.165) is 25.9 Å². The minimum Gasteiger partial charge on any atom is -0.493 e. The van der Waals surface area contributed by atoms with Crippen molar-refractivity contribution in [3.05, 3.63) is 59.5 Å². The molecule has 3 heterocycles. The first-order valence-corrected chi connectivity index (χ1v) is 10.5. The lowest BCUT2D eigenvalue weighted by Crippen LogP contribution is -2.39. The average Bonchev–Trinajstić information content (AvgIpc) is 3.04. The van der Waals surface area contributed by atoms with Crippen LogP contribution in [-0.2, 0) is 16.1 Å². The highest BCUT2D eigenvalue weighted by atomic mass is 16.5. The van der Waals surface area contributed by atoms with Crippen LogP contribution in [0.3, 0.4) is 0 Å². The normalized spacial score (nSPS) is 19.3. The van der Waals surface area contributed by atoms with Crippen molar-refractivity contribution in [1.29, 1.82) is 0 Å². The second-order valence-corrected chi connectivity index (χ2v) is 8.00. The van der Waals surface area contributed by atoms with Crippen LogP contribution in [0.2, 0.25) is 0 Å². The zero-order chi connectivity index (χ0) is 22.0. The van der Waals surface area contributed by atoms with Crippen LogP contribution in [0.1, 0.15) is 31.0 Å². The number of likely N-dealkylation sites (tertiary alicyclic amines) is 1. The van der Waals surface area contributed by atoms with Gasteiger partial charge >= 0.3 is 0 Å². The summed E-state index contributed by atoms with van der Waals surface area (Å²) in [6, 6.07) is 10.8. The van der Waals surface area contributed by atoms with Gasteiger partial charge < -0.3 is 14.4 Å². The van der Waals surface area contributed by atoms with Gasteiger partial charge in [-0.1, -0.05) is 19.1 Å². The molecule has 0 aliphatic carbocycles. The number of aromatic nitrogens is 1. The molecule has 1 aromatic heterocycles. The third-order valence-electron chi connectivity index (χ3n) is 5.84. The van der Waals surface area contributed by atoms with E-state index in [1.54, 1.807) is 38.6 Å². The fourth-order valence-corrected chi connectivity index (χ4v) is 4.30. The number of carbonyl (C=O) groups excluding carboxylic acids is 2. The van der Waals surface area contributed by atoms with Crippen molar-refractivity contribution < 1.29 is 19.1 Å². The Labute approximate surface area is 182 Å². The van der Waals surface area contributed by atoms with Gasteiger partial charge in [-0.2, -0.15) is 0 Å². The van der Waals surface area contributed by atoms with Gasteiger partial charge in [0.1, 0.15) is 5.70 Å². The van der Waals surface area contributed by atoms with Gasteiger partial charge in [0, 0.05) is 19.3 Å². The number of piperidine rings is 1. The quantitative estimate of drug-likeness (QED) is 0.668. The van der Waals surface area contributed by atoms with Crippen molar-refractivity contribution in [3.8, 4) is 11.5 Å². The number of hydrogen-bond donors (Lipinski definition) is 0. The van der Waals surface area contributed by atoms with Crippen molar-refractivity contribution in [3.63, 3.8) is 0 Å². The summed E-state index contributed by atoms with van der Waals surface area (Å²) >= 11 is 0. The summed E-state index contributed by atoms with van der Waals surface area (Å²) in [5.74, 6) is 0.968. The number of amides is 2. The van der Waals surface area contributed by atoms with Gasteiger partial charge in [-0.25, -0.2) is 0 Å². The maximum atomic E-state index is 13.5. The van der Waals surface area contributed by atoms with E-state index >= 15 is 0 Å². The fourth-order valence-electron chi connectivity index (χ4n) is 4.30. The Bertz CT molecular complexity index is 1020. The highest BCUT2D eigenvalue weighted by Crippen LogP contribution is 2.37. The van der Waals surface area contributed by atoms with E-state index in [-0.39, 0.29) is 18.4 Å². The minimum atomic E-state index is -0.309. The van der Waals surface area contributed by atoms with E-state index in [2.05, 4.69) is 16.8 Å². The van der Waals surface area contributed by atoms with Crippen molar-refractivity contribution in [1.82, 2.24) is 14.8 Å². The number of hydrogen-bond acceptors (Lipinski definition) is 6. The molecule has 1 aromatic carbocycles. The van der Waals surface area contributed by atoms with E-state index in [9.17, 15) is 9.59 Å². The highest BCUT2D eigenvalue weighted by molar-refractivity contribution is 6.35. The first kappa shape index (κ1) is 20.9. The molecule has 7 nitrogen and oxygen atoms in total. The van der Waals surface area contributed by atoms with Gasteiger partial charge in [0.25, 0.3) is 11.8 Å². The van der Waals surface area contributed by atoms with Gasteiger partial charge in [0.15, 0.2) is 11.5 Å². The highest BCUT2D eigenvalue weighted by Gasteiger charge is 2.42. The Balaban J connectivity index is 1.78. The lowest BCUT2D eigenvalue weighted by Gasteiger charge is -2.33. The second-order valence-electron chi connectivity index (χ2n) is 8.00. The van der Waals surface area contributed by atoms with Crippen molar-refractivity contribution in [2.45, 2.75) is 26.3 Å². The number of methoxy groups -OCH3 is 2. The lowest BCUT2D eigenvalue weighted by molar-refractivity contribution is -0.138. The van der Waals surface area contributed by atoms with E-state index in [0.29, 0.717) is 39.9 Å². The van der Waals surface area contributed by atoms with Gasteiger partial charge in [-0.15, -0.1) is 0 Å². The molecular formula is C24H27N3O4. The maximum Gasteiger partial charge on any atom is 0.278 e. The summed E-state index contributed by atoms with van der Waals surface area (Å²) in [5.41, 5.74) is 2.20. The summed E-state index contributed by atoms with van der Waals surface area (Å²) < 4.78 is 10.8. The summed E-state index contributed by atoms with van der Waals surface area (Å²) in [5, 5.41) is 0. The fraction of sp³-hybridized carbons (Fsp3) is 0.375. The number of nitrogens with zero attached hydrogens (tertiary/aromatic N) is 3. The largest absolute Gasteiger partial charge is 0.493 e. The van der Waals surface area contributed by atoms with Crippen molar-refractivity contribution in [2.24, 2.45) is 5.92 Å². The minimum absolute atomic E-state index is 0.141.